The van der Waals surface area contributed by atoms with Crippen molar-refractivity contribution < 1.29 is 9.53 Å². The van der Waals surface area contributed by atoms with Crippen LogP contribution in [0.25, 0.3) is 0 Å². The van der Waals surface area contributed by atoms with Crippen LogP contribution in [-0.4, -0.2) is 25.6 Å². The highest BCUT2D eigenvalue weighted by Gasteiger charge is 2.23. The van der Waals surface area contributed by atoms with Crippen LogP contribution in [0.2, 0.25) is 0 Å². The second kappa shape index (κ2) is 9.44. The van der Waals surface area contributed by atoms with Crippen molar-refractivity contribution in [1.82, 2.24) is 5.32 Å². The summed E-state index contributed by atoms with van der Waals surface area (Å²) in [6.07, 6.45) is 2.77. The second-order valence-corrected chi connectivity index (χ2v) is 6.16. The van der Waals surface area contributed by atoms with Crippen molar-refractivity contribution in [2.75, 3.05) is 18.6 Å². The Bertz CT molecular complexity index is 655. The van der Waals surface area contributed by atoms with Crippen molar-refractivity contribution in [2.24, 2.45) is 0 Å². The van der Waals surface area contributed by atoms with Gasteiger partial charge in [0.25, 0.3) is 0 Å². The van der Waals surface area contributed by atoms with E-state index in [1.807, 2.05) is 47.4 Å². The lowest BCUT2D eigenvalue weighted by atomic mass is 10.1. The number of ether oxygens (including phenoxy) is 1. The van der Waals surface area contributed by atoms with Gasteiger partial charge in [-0.3, -0.25) is 4.79 Å². The lowest BCUT2D eigenvalue weighted by Crippen LogP contribution is -2.35. The molecule has 0 radical (unpaired) electrons. The molecule has 0 saturated carbocycles. The number of hydrogen-bond donors (Lipinski definition) is 1. The molecule has 1 aliphatic heterocycles. The van der Waals surface area contributed by atoms with Crippen LogP contribution in [0.3, 0.4) is 0 Å². The first-order valence-electron chi connectivity index (χ1n) is 8.48. The highest BCUT2D eigenvalue weighted by Crippen LogP contribution is 2.23. The predicted octanol–water partition coefficient (Wildman–Crippen LogP) is 3.79. The van der Waals surface area contributed by atoms with E-state index in [0.717, 1.165) is 36.4 Å². The number of rotatable bonds is 6. The van der Waals surface area contributed by atoms with E-state index in [2.05, 4.69) is 17.4 Å². The van der Waals surface area contributed by atoms with Gasteiger partial charge in [-0.1, -0.05) is 30.3 Å². The minimum atomic E-state index is 0. The topological polar surface area (TPSA) is 41.6 Å². The quantitative estimate of drug-likeness (QED) is 0.852. The SMILES string of the molecule is COc1ccc(N(Cc2ccccc2)C(=O)CC2CCCN2)cc1.Cl. The Morgan fingerprint density at radius 2 is 1.88 bits per heavy atom. The molecule has 2 aromatic carbocycles. The fourth-order valence-corrected chi connectivity index (χ4v) is 3.10. The number of hydrogen-bond acceptors (Lipinski definition) is 3. The summed E-state index contributed by atoms with van der Waals surface area (Å²) >= 11 is 0. The summed E-state index contributed by atoms with van der Waals surface area (Å²) in [6, 6.07) is 18.1. The molecule has 1 saturated heterocycles. The molecule has 0 aliphatic carbocycles. The van der Waals surface area contributed by atoms with Crippen molar-refractivity contribution in [3.05, 3.63) is 60.2 Å². The fourth-order valence-electron chi connectivity index (χ4n) is 3.10. The lowest BCUT2D eigenvalue weighted by Gasteiger charge is -2.25. The third kappa shape index (κ3) is 5.21. The lowest BCUT2D eigenvalue weighted by molar-refractivity contribution is -0.119. The van der Waals surface area contributed by atoms with E-state index < -0.39 is 0 Å². The number of anilines is 1. The number of nitrogens with zero attached hydrogens (tertiary/aromatic N) is 1. The number of nitrogens with one attached hydrogen (secondary N) is 1. The zero-order valence-electron chi connectivity index (χ0n) is 14.5. The predicted molar refractivity (Wildman–Crippen MR) is 104 cm³/mol. The van der Waals surface area contributed by atoms with Crippen molar-refractivity contribution in [3.63, 3.8) is 0 Å². The number of amides is 1. The van der Waals surface area contributed by atoms with Crippen LogP contribution < -0.4 is 15.0 Å². The number of benzene rings is 2. The molecule has 25 heavy (non-hydrogen) atoms. The van der Waals surface area contributed by atoms with Crippen LogP contribution in [-0.2, 0) is 11.3 Å². The van der Waals surface area contributed by atoms with Crippen LogP contribution >= 0.6 is 12.4 Å². The molecule has 1 amide bonds. The number of carbonyl (C=O) groups excluding carboxylic acids is 1. The molecule has 4 nitrogen and oxygen atoms in total. The molecule has 134 valence electrons. The summed E-state index contributed by atoms with van der Waals surface area (Å²) in [7, 11) is 1.65. The van der Waals surface area contributed by atoms with Gasteiger partial charge in [0.1, 0.15) is 5.75 Å². The highest BCUT2D eigenvalue weighted by molar-refractivity contribution is 5.93. The van der Waals surface area contributed by atoms with Crippen LogP contribution in [0.15, 0.2) is 54.6 Å². The van der Waals surface area contributed by atoms with Crippen molar-refractivity contribution in [1.29, 1.82) is 0 Å². The average Bonchev–Trinajstić information content (AvgIpc) is 3.13. The largest absolute Gasteiger partial charge is 0.497 e. The van der Waals surface area contributed by atoms with Gasteiger partial charge in [-0.15, -0.1) is 12.4 Å². The van der Waals surface area contributed by atoms with Crippen LogP contribution in [0.4, 0.5) is 5.69 Å². The summed E-state index contributed by atoms with van der Waals surface area (Å²) in [5.74, 6) is 0.951. The van der Waals surface area contributed by atoms with Gasteiger partial charge in [0, 0.05) is 18.2 Å². The van der Waals surface area contributed by atoms with Gasteiger partial charge < -0.3 is 15.0 Å². The summed E-state index contributed by atoms with van der Waals surface area (Å²) < 4.78 is 5.22. The third-order valence-corrected chi connectivity index (χ3v) is 4.45. The Labute approximate surface area is 155 Å². The third-order valence-electron chi connectivity index (χ3n) is 4.45. The van der Waals surface area contributed by atoms with Crippen LogP contribution in [0.1, 0.15) is 24.8 Å². The minimum Gasteiger partial charge on any atom is -0.497 e. The molecule has 1 atom stereocenters. The maximum Gasteiger partial charge on any atom is 0.228 e. The summed E-state index contributed by atoms with van der Waals surface area (Å²) in [4.78, 5) is 14.8. The van der Waals surface area contributed by atoms with Gasteiger partial charge in [-0.2, -0.15) is 0 Å². The van der Waals surface area contributed by atoms with E-state index in [1.165, 1.54) is 0 Å². The summed E-state index contributed by atoms with van der Waals surface area (Å²) in [5.41, 5.74) is 2.03. The van der Waals surface area contributed by atoms with Gasteiger partial charge in [0.05, 0.1) is 13.7 Å². The van der Waals surface area contributed by atoms with E-state index in [-0.39, 0.29) is 18.3 Å². The van der Waals surface area contributed by atoms with E-state index in [1.54, 1.807) is 7.11 Å². The van der Waals surface area contributed by atoms with E-state index in [0.29, 0.717) is 19.0 Å². The first kappa shape index (κ1) is 19.3. The number of methoxy groups -OCH3 is 1. The molecular weight excluding hydrogens is 336 g/mol. The van der Waals surface area contributed by atoms with E-state index in [9.17, 15) is 4.79 Å². The minimum absolute atomic E-state index is 0. The zero-order valence-corrected chi connectivity index (χ0v) is 15.3. The van der Waals surface area contributed by atoms with Crippen molar-refractivity contribution in [3.8, 4) is 5.75 Å². The monoisotopic (exact) mass is 360 g/mol. The molecule has 1 unspecified atom stereocenters. The van der Waals surface area contributed by atoms with Gasteiger partial charge >= 0.3 is 0 Å². The van der Waals surface area contributed by atoms with Gasteiger partial charge in [-0.25, -0.2) is 0 Å². The molecule has 1 fully saturated rings. The number of halogens is 1. The van der Waals surface area contributed by atoms with Crippen LogP contribution in [0, 0.1) is 0 Å². The zero-order chi connectivity index (χ0) is 16.8. The first-order chi connectivity index (χ1) is 11.8. The average molecular weight is 361 g/mol. The van der Waals surface area contributed by atoms with Gasteiger partial charge in [-0.05, 0) is 49.2 Å². The first-order valence-corrected chi connectivity index (χ1v) is 8.48. The Balaban J connectivity index is 0.00000225. The Kier molecular flexibility index (Phi) is 7.29. The van der Waals surface area contributed by atoms with E-state index >= 15 is 0 Å². The van der Waals surface area contributed by atoms with Crippen molar-refractivity contribution in [2.45, 2.75) is 31.8 Å². The maximum absolute atomic E-state index is 12.9. The summed E-state index contributed by atoms with van der Waals surface area (Å²) in [5, 5.41) is 3.41. The Morgan fingerprint density at radius 1 is 1.16 bits per heavy atom. The second-order valence-electron chi connectivity index (χ2n) is 6.16. The molecule has 2 aromatic rings. The van der Waals surface area contributed by atoms with Crippen molar-refractivity contribution >= 4 is 24.0 Å². The molecule has 1 N–H and O–H groups in total. The molecule has 0 spiro atoms. The normalized spacial score (nSPS) is 16.1. The van der Waals surface area contributed by atoms with E-state index in [4.69, 9.17) is 4.74 Å². The number of carbonyl (C=O) groups is 1. The Hall–Kier alpha value is -2.04. The Morgan fingerprint density at radius 3 is 2.48 bits per heavy atom. The molecule has 1 heterocycles. The highest BCUT2D eigenvalue weighted by atomic mass is 35.5. The maximum atomic E-state index is 12.9. The molecule has 1 aliphatic rings. The standard InChI is InChI=1S/C20H24N2O2.ClH/c1-24-19-11-9-18(10-12-19)22(15-16-6-3-2-4-7-16)20(23)14-17-8-5-13-21-17;/h2-4,6-7,9-12,17,21H,5,8,13-15H2,1H3;1H. The summed E-state index contributed by atoms with van der Waals surface area (Å²) in [6.45, 7) is 1.60. The smallest absolute Gasteiger partial charge is 0.228 e. The van der Waals surface area contributed by atoms with Crippen LogP contribution in [0.5, 0.6) is 5.75 Å². The molecule has 5 heteroatoms. The molecular formula is C20H25ClN2O2. The molecule has 0 bridgehead atoms. The van der Waals surface area contributed by atoms with Gasteiger partial charge in [0.2, 0.25) is 5.91 Å². The fraction of sp³-hybridized carbons (Fsp3) is 0.350. The molecule has 3 rings (SSSR count). The van der Waals surface area contributed by atoms with Gasteiger partial charge in [0.15, 0.2) is 0 Å². The molecule has 0 aromatic heterocycles.